The van der Waals surface area contributed by atoms with Gasteiger partial charge in [0.05, 0.1) is 6.61 Å². The molecule has 0 saturated carbocycles. The Labute approximate surface area is 105 Å². The number of ether oxygens (including phenoxy) is 2. The van der Waals surface area contributed by atoms with Gasteiger partial charge in [-0.3, -0.25) is 0 Å². The lowest BCUT2D eigenvalue weighted by Gasteiger charge is -2.09. The third-order valence-electron chi connectivity index (χ3n) is 2.06. The molecule has 0 spiro atoms. The number of halogens is 1. The van der Waals surface area contributed by atoms with Crippen LogP contribution < -0.4 is 14.8 Å². The van der Waals surface area contributed by atoms with Crippen LogP contribution in [0.5, 0.6) is 11.5 Å². The second kappa shape index (κ2) is 7.17. The van der Waals surface area contributed by atoms with Gasteiger partial charge in [0, 0.05) is 13.5 Å². The molecule has 0 fully saturated rings. The zero-order valence-electron chi connectivity index (χ0n) is 10.0. The fraction of sp³-hybridized carbons (Fsp3) is 0.308. The number of hydrogen-bond acceptors (Lipinski definition) is 3. The van der Waals surface area contributed by atoms with E-state index >= 15 is 0 Å². The van der Waals surface area contributed by atoms with E-state index in [-0.39, 0.29) is 11.5 Å². The quantitative estimate of drug-likeness (QED) is 0.645. The van der Waals surface area contributed by atoms with E-state index in [0.717, 1.165) is 0 Å². The summed E-state index contributed by atoms with van der Waals surface area (Å²) >= 11 is 0. The van der Waals surface area contributed by atoms with Crippen LogP contribution in [0.2, 0.25) is 0 Å². The van der Waals surface area contributed by atoms with Gasteiger partial charge in [0.1, 0.15) is 0 Å². The lowest BCUT2D eigenvalue weighted by molar-refractivity contribution is 0.200. The van der Waals surface area contributed by atoms with Crippen molar-refractivity contribution in [2.45, 2.75) is 12.8 Å². The molecule has 0 bridgehead atoms. The second-order valence-electron chi connectivity index (χ2n) is 3.36. The van der Waals surface area contributed by atoms with Crippen LogP contribution in [0.15, 0.2) is 18.2 Å². The first-order valence-electron chi connectivity index (χ1n) is 5.43. The van der Waals surface area contributed by atoms with Crippen molar-refractivity contribution in [3.8, 4) is 23.8 Å². The first kappa shape index (κ1) is 13.8. The number of terminal acetylenes is 1. The van der Waals surface area contributed by atoms with Crippen LogP contribution in [0, 0.1) is 18.2 Å². The predicted octanol–water partition coefficient (Wildman–Crippen LogP) is 2.34. The standard InChI is InChI=1S/C13H14FNO3/c1-3-4-5-9-17-10-7-6-8-11(12(10)14)18-13(16)15-2/h1,6-8H,4-5,9H2,2H3,(H,15,16). The van der Waals surface area contributed by atoms with Crippen molar-refractivity contribution in [3.63, 3.8) is 0 Å². The third kappa shape index (κ3) is 3.98. The summed E-state index contributed by atoms with van der Waals surface area (Å²) in [7, 11) is 1.39. The molecule has 0 unspecified atom stereocenters. The molecular weight excluding hydrogens is 237 g/mol. The fourth-order valence-electron chi connectivity index (χ4n) is 1.19. The minimum atomic E-state index is -0.738. The summed E-state index contributed by atoms with van der Waals surface area (Å²) < 4.78 is 23.7. The SMILES string of the molecule is C#CCCCOc1cccc(OC(=O)NC)c1F. The molecule has 0 radical (unpaired) electrons. The Morgan fingerprint density at radius 2 is 2.22 bits per heavy atom. The molecule has 1 N–H and O–H groups in total. The maximum atomic E-state index is 13.8. The lowest BCUT2D eigenvalue weighted by Crippen LogP contribution is -2.22. The second-order valence-corrected chi connectivity index (χ2v) is 3.36. The molecule has 0 aromatic heterocycles. The largest absolute Gasteiger partial charge is 0.490 e. The average molecular weight is 251 g/mol. The zero-order valence-corrected chi connectivity index (χ0v) is 10.0. The highest BCUT2D eigenvalue weighted by Gasteiger charge is 2.12. The first-order valence-corrected chi connectivity index (χ1v) is 5.43. The van der Waals surface area contributed by atoms with Crippen LogP contribution in [-0.2, 0) is 0 Å². The van der Waals surface area contributed by atoms with Crippen molar-refractivity contribution >= 4 is 6.09 Å². The molecule has 96 valence electrons. The van der Waals surface area contributed by atoms with E-state index in [1.54, 1.807) is 0 Å². The topological polar surface area (TPSA) is 47.6 Å². The molecular formula is C13H14FNO3. The Balaban J connectivity index is 2.67. The molecule has 4 nitrogen and oxygen atoms in total. The van der Waals surface area contributed by atoms with Gasteiger partial charge in [-0.2, -0.15) is 4.39 Å². The Morgan fingerprint density at radius 3 is 2.89 bits per heavy atom. The normalized spacial score (nSPS) is 9.39. The van der Waals surface area contributed by atoms with Gasteiger partial charge in [0.15, 0.2) is 11.5 Å². The van der Waals surface area contributed by atoms with Crippen molar-refractivity contribution in [1.29, 1.82) is 0 Å². The molecule has 0 aliphatic heterocycles. The van der Waals surface area contributed by atoms with Crippen molar-refractivity contribution in [1.82, 2.24) is 5.32 Å². The average Bonchev–Trinajstić information content (AvgIpc) is 2.38. The number of hydrogen-bond donors (Lipinski definition) is 1. The maximum Gasteiger partial charge on any atom is 0.412 e. The number of benzene rings is 1. The smallest absolute Gasteiger partial charge is 0.412 e. The van der Waals surface area contributed by atoms with Crippen molar-refractivity contribution < 1.29 is 18.7 Å². The van der Waals surface area contributed by atoms with Crippen LogP contribution in [-0.4, -0.2) is 19.7 Å². The van der Waals surface area contributed by atoms with Crippen LogP contribution in [0.3, 0.4) is 0 Å². The highest BCUT2D eigenvalue weighted by molar-refractivity contribution is 5.70. The Hall–Kier alpha value is -2.22. The third-order valence-corrected chi connectivity index (χ3v) is 2.06. The minimum Gasteiger partial charge on any atom is -0.490 e. The van der Waals surface area contributed by atoms with E-state index in [1.165, 1.54) is 25.2 Å². The van der Waals surface area contributed by atoms with E-state index in [2.05, 4.69) is 11.2 Å². The Morgan fingerprint density at radius 1 is 1.50 bits per heavy atom. The van der Waals surface area contributed by atoms with Crippen molar-refractivity contribution in [3.05, 3.63) is 24.0 Å². The molecule has 0 aliphatic rings. The minimum absolute atomic E-state index is 0.0356. The van der Waals surface area contributed by atoms with Gasteiger partial charge < -0.3 is 14.8 Å². The number of amides is 1. The number of rotatable bonds is 5. The molecule has 1 aromatic rings. The maximum absolute atomic E-state index is 13.8. The van der Waals surface area contributed by atoms with Gasteiger partial charge in [-0.15, -0.1) is 12.3 Å². The molecule has 0 heterocycles. The van der Waals surface area contributed by atoms with Crippen molar-refractivity contribution in [2.24, 2.45) is 0 Å². The number of unbranched alkanes of at least 4 members (excludes halogenated alkanes) is 1. The van der Waals surface area contributed by atoms with Gasteiger partial charge in [-0.1, -0.05) is 6.07 Å². The molecule has 18 heavy (non-hydrogen) atoms. The molecule has 1 rings (SSSR count). The molecule has 0 atom stereocenters. The highest BCUT2D eigenvalue weighted by atomic mass is 19.1. The summed E-state index contributed by atoms with van der Waals surface area (Å²) in [6.07, 6.45) is 5.55. The molecule has 0 saturated heterocycles. The van der Waals surface area contributed by atoms with E-state index in [9.17, 15) is 9.18 Å². The predicted molar refractivity (Wildman–Crippen MR) is 65.0 cm³/mol. The van der Waals surface area contributed by atoms with E-state index in [1.807, 2.05) is 0 Å². The van der Waals surface area contributed by atoms with E-state index in [0.29, 0.717) is 19.4 Å². The molecule has 5 heteroatoms. The van der Waals surface area contributed by atoms with E-state index in [4.69, 9.17) is 15.9 Å². The molecule has 0 aliphatic carbocycles. The fourth-order valence-corrected chi connectivity index (χ4v) is 1.19. The number of carbonyl (C=O) groups is 1. The van der Waals surface area contributed by atoms with Gasteiger partial charge in [-0.25, -0.2) is 4.79 Å². The number of carbonyl (C=O) groups excluding carboxylic acids is 1. The van der Waals surface area contributed by atoms with Crippen molar-refractivity contribution in [2.75, 3.05) is 13.7 Å². The monoisotopic (exact) mass is 251 g/mol. The van der Waals surface area contributed by atoms with Crippen LogP contribution in [0.1, 0.15) is 12.8 Å². The molecule has 1 amide bonds. The lowest BCUT2D eigenvalue weighted by atomic mass is 10.3. The van der Waals surface area contributed by atoms with Gasteiger partial charge >= 0.3 is 6.09 Å². The Bertz CT molecular complexity index is 454. The zero-order chi connectivity index (χ0) is 13.4. The van der Waals surface area contributed by atoms with Gasteiger partial charge in [0.2, 0.25) is 5.82 Å². The summed E-state index contributed by atoms with van der Waals surface area (Å²) in [5.74, 6) is 1.61. The summed E-state index contributed by atoms with van der Waals surface area (Å²) in [6, 6.07) is 4.35. The summed E-state index contributed by atoms with van der Waals surface area (Å²) in [5.41, 5.74) is 0. The summed E-state index contributed by atoms with van der Waals surface area (Å²) in [5, 5.41) is 2.23. The van der Waals surface area contributed by atoms with Crippen LogP contribution in [0.4, 0.5) is 9.18 Å². The molecule has 1 aromatic carbocycles. The highest BCUT2D eigenvalue weighted by Crippen LogP contribution is 2.26. The summed E-state index contributed by atoms with van der Waals surface area (Å²) in [4.78, 5) is 11.0. The number of nitrogens with one attached hydrogen (secondary N) is 1. The van der Waals surface area contributed by atoms with Crippen LogP contribution >= 0.6 is 0 Å². The summed E-state index contributed by atoms with van der Waals surface area (Å²) in [6.45, 7) is 0.310. The Kier molecular flexibility index (Phi) is 5.52. The first-order chi connectivity index (χ1) is 8.69. The van der Waals surface area contributed by atoms with Crippen LogP contribution in [0.25, 0.3) is 0 Å². The van der Waals surface area contributed by atoms with E-state index < -0.39 is 11.9 Å². The van der Waals surface area contributed by atoms with Gasteiger partial charge in [0.25, 0.3) is 0 Å². The van der Waals surface area contributed by atoms with Gasteiger partial charge in [-0.05, 0) is 18.6 Å².